The van der Waals surface area contributed by atoms with Crippen molar-refractivity contribution in [1.82, 2.24) is 5.32 Å². The van der Waals surface area contributed by atoms with Crippen molar-refractivity contribution in [2.24, 2.45) is 11.1 Å². The third-order valence-electron chi connectivity index (χ3n) is 3.64. The Kier molecular flexibility index (Phi) is 3.94. The minimum absolute atomic E-state index is 0.129. The predicted molar refractivity (Wildman–Crippen MR) is 72.1 cm³/mol. The first-order valence-electron chi connectivity index (χ1n) is 6.47. The molecule has 1 aromatic carbocycles. The number of carboxylic acid groups (broad SMARTS) is 1. The lowest BCUT2D eigenvalue weighted by Gasteiger charge is -2.15. The Morgan fingerprint density at radius 3 is 2.40 bits per heavy atom. The second kappa shape index (κ2) is 5.50. The maximum Gasteiger partial charge on any atom is 0.311 e. The number of carbonyl (C=O) groups is 2. The fourth-order valence-electron chi connectivity index (χ4n) is 1.98. The molecule has 6 heteroatoms. The lowest BCUT2D eigenvalue weighted by Crippen LogP contribution is -2.45. The molecule has 1 atom stereocenters. The fourth-order valence-corrected chi connectivity index (χ4v) is 1.98. The number of hydrogen-bond donors (Lipinski definition) is 4. The third kappa shape index (κ3) is 3.27. The van der Waals surface area contributed by atoms with Crippen LogP contribution in [0.5, 0.6) is 5.75 Å². The molecule has 6 nitrogen and oxygen atoms in total. The highest BCUT2D eigenvalue weighted by atomic mass is 16.4. The molecule has 0 bridgehead atoms. The van der Waals surface area contributed by atoms with E-state index in [-0.39, 0.29) is 18.2 Å². The Hall–Kier alpha value is -2.08. The molecule has 1 amide bonds. The van der Waals surface area contributed by atoms with E-state index in [2.05, 4.69) is 5.32 Å². The molecule has 0 spiro atoms. The molecule has 1 fully saturated rings. The van der Waals surface area contributed by atoms with E-state index in [1.54, 1.807) is 12.1 Å². The van der Waals surface area contributed by atoms with Crippen molar-refractivity contribution >= 4 is 11.9 Å². The molecule has 0 saturated heterocycles. The number of amides is 1. The number of nitrogens with two attached hydrogens (primary N) is 1. The molecule has 108 valence electrons. The van der Waals surface area contributed by atoms with Gasteiger partial charge in [-0.25, -0.2) is 0 Å². The Balaban J connectivity index is 1.83. The van der Waals surface area contributed by atoms with Crippen molar-refractivity contribution < 1.29 is 19.8 Å². The summed E-state index contributed by atoms with van der Waals surface area (Å²) in [5.41, 5.74) is 5.85. The molecular formula is C14H18N2O4. The standard InChI is InChI=1S/C14H18N2O4/c15-11(7-9-1-3-10(17)4-2-9)12(18)16-8-14(5-6-14)13(19)20/h1-4,11,17H,5-8,15H2,(H,16,18)(H,19,20)/t11-/m0/s1. The molecule has 1 saturated carbocycles. The summed E-state index contributed by atoms with van der Waals surface area (Å²) >= 11 is 0. The normalized spacial score (nSPS) is 17.2. The Morgan fingerprint density at radius 1 is 1.30 bits per heavy atom. The molecule has 1 aliphatic rings. The molecule has 0 aromatic heterocycles. The average molecular weight is 278 g/mol. The van der Waals surface area contributed by atoms with Crippen LogP contribution in [0.1, 0.15) is 18.4 Å². The Morgan fingerprint density at radius 2 is 1.90 bits per heavy atom. The highest BCUT2D eigenvalue weighted by Gasteiger charge is 2.50. The van der Waals surface area contributed by atoms with Crippen molar-refractivity contribution in [3.05, 3.63) is 29.8 Å². The molecule has 0 heterocycles. The number of nitrogens with one attached hydrogen (secondary N) is 1. The molecule has 1 aliphatic carbocycles. The minimum Gasteiger partial charge on any atom is -0.508 e. The maximum absolute atomic E-state index is 11.8. The topological polar surface area (TPSA) is 113 Å². The van der Waals surface area contributed by atoms with E-state index in [0.29, 0.717) is 19.3 Å². The number of aromatic hydroxyl groups is 1. The van der Waals surface area contributed by atoms with Gasteiger partial charge >= 0.3 is 5.97 Å². The molecular weight excluding hydrogens is 260 g/mol. The van der Waals surface area contributed by atoms with E-state index >= 15 is 0 Å². The molecule has 0 aliphatic heterocycles. The van der Waals surface area contributed by atoms with Crippen LogP contribution in [0.4, 0.5) is 0 Å². The van der Waals surface area contributed by atoms with E-state index in [4.69, 9.17) is 15.9 Å². The first-order chi connectivity index (χ1) is 9.43. The summed E-state index contributed by atoms with van der Waals surface area (Å²) in [6.07, 6.45) is 1.53. The van der Waals surface area contributed by atoms with Crippen molar-refractivity contribution in [2.45, 2.75) is 25.3 Å². The zero-order valence-corrected chi connectivity index (χ0v) is 11.0. The first kappa shape index (κ1) is 14.3. The molecule has 1 aromatic rings. The summed E-state index contributed by atoms with van der Waals surface area (Å²) in [5, 5.41) is 20.8. The van der Waals surface area contributed by atoms with Gasteiger partial charge in [0.25, 0.3) is 0 Å². The van der Waals surface area contributed by atoms with Crippen LogP contribution >= 0.6 is 0 Å². The number of rotatable bonds is 6. The van der Waals surface area contributed by atoms with Gasteiger partial charge in [-0.05, 0) is 37.0 Å². The number of aliphatic carboxylic acids is 1. The average Bonchev–Trinajstić information content (AvgIpc) is 3.20. The zero-order valence-electron chi connectivity index (χ0n) is 11.0. The highest BCUT2D eigenvalue weighted by Crippen LogP contribution is 2.45. The molecule has 20 heavy (non-hydrogen) atoms. The zero-order chi connectivity index (χ0) is 14.8. The van der Waals surface area contributed by atoms with Crippen LogP contribution in [0.15, 0.2) is 24.3 Å². The van der Waals surface area contributed by atoms with Gasteiger partial charge in [-0.1, -0.05) is 12.1 Å². The molecule has 5 N–H and O–H groups in total. The van der Waals surface area contributed by atoms with Gasteiger partial charge in [0.15, 0.2) is 0 Å². The van der Waals surface area contributed by atoms with Gasteiger partial charge in [0.2, 0.25) is 5.91 Å². The quantitative estimate of drug-likeness (QED) is 0.595. The lowest BCUT2D eigenvalue weighted by molar-refractivity contribution is -0.143. The van der Waals surface area contributed by atoms with E-state index in [1.807, 2.05) is 0 Å². The van der Waals surface area contributed by atoms with Crippen molar-refractivity contribution in [3.63, 3.8) is 0 Å². The number of carbonyl (C=O) groups excluding carboxylic acids is 1. The van der Waals surface area contributed by atoms with Crippen molar-refractivity contribution in [1.29, 1.82) is 0 Å². The van der Waals surface area contributed by atoms with Gasteiger partial charge in [-0.15, -0.1) is 0 Å². The van der Waals surface area contributed by atoms with E-state index < -0.39 is 17.4 Å². The van der Waals surface area contributed by atoms with Crippen LogP contribution in [0.2, 0.25) is 0 Å². The van der Waals surface area contributed by atoms with Gasteiger partial charge in [0, 0.05) is 6.54 Å². The summed E-state index contributed by atoms with van der Waals surface area (Å²) in [5.74, 6) is -1.07. The SMILES string of the molecule is N[C@@H](Cc1ccc(O)cc1)C(=O)NCC1(C(=O)O)CC1. The number of phenols is 1. The number of phenolic OH excluding ortho intramolecular Hbond substituents is 1. The lowest BCUT2D eigenvalue weighted by atomic mass is 10.0. The minimum atomic E-state index is -0.870. The molecule has 0 unspecified atom stereocenters. The van der Waals surface area contributed by atoms with E-state index in [0.717, 1.165) is 5.56 Å². The maximum atomic E-state index is 11.8. The van der Waals surface area contributed by atoms with Crippen LogP contribution in [-0.2, 0) is 16.0 Å². The summed E-state index contributed by atoms with van der Waals surface area (Å²) < 4.78 is 0. The van der Waals surface area contributed by atoms with Crippen LogP contribution in [-0.4, -0.2) is 34.7 Å². The van der Waals surface area contributed by atoms with Gasteiger partial charge < -0.3 is 21.3 Å². The Labute approximate surface area is 116 Å². The van der Waals surface area contributed by atoms with Crippen LogP contribution in [0.3, 0.4) is 0 Å². The van der Waals surface area contributed by atoms with Gasteiger partial charge in [0.1, 0.15) is 5.75 Å². The third-order valence-corrected chi connectivity index (χ3v) is 3.64. The van der Waals surface area contributed by atoms with Crippen LogP contribution < -0.4 is 11.1 Å². The number of carboxylic acids is 1. The van der Waals surface area contributed by atoms with Crippen molar-refractivity contribution in [3.8, 4) is 5.75 Å². The van der Waals surface area contributed by atoms with Gasteiger partial charge in [-0.3, -0.25) is 9.59 Å². The van der Waals surface area contributed by atoms with E-state index in [1.165, 1.54) is 12.1 Å². The van der Waals surface area contributed by atoms with Gasteiger partial charge in [-0.2, -0.15) is 0 Å². The second-order valence-corrected chi connectivity index (χ2v) is 5.28. The number of hydrogen-bond acceptors (Lipinski definition) is 4. The summed E-state index contributed by atoms with van der Waals surface area (Å²) in [6, 6.07) is 5.72. The Bertz CT molecular complexity index is 508. The monoisotopic (exact) mass is 278 g/mol. The first-order valence-corrected chi connectivity index (χ1v) is 6.47. The molecule has 0 radical (unpaired) electrons. The van der Waals surface area contributed by atoms with Crippen molar-refractivity contribution in [2.75, 3.05) is 6.54 Å². The largest absolute Gasteiger partial charge is 0.508 e. The van der Waals surface area contributed by atoms with Crippen LogP contribution in [0, 0.1) is 5.41 Å². The molecule has 2 rings (SSSR count). The van der Waals surface area contributed by atoms with Gasteiger partial charge in [0.05, 0.1) is 11.5 Å². The fraction of sp³-hybridized carbons (Fsp3) is 0.429. The summed E-state index contributed by atoms with van der Waals surface area (Å²) in [6.45, 7) is 0.129. The second-order valence-electron chi connectivity index (χ2n) is 5.28. The summed E-state index contributed by atoms with van der Waals surface area (Å²) in [4.78, 5) is 22.8. The van der Waals surface area contributed by atoms with Crippen LogP contribution in [0.25, 0.3) is 0 Å². The number of benzene rings is 1. The smallest absolute Gasteiger partial charge is 0.311 e. The van der Waals surface area contributed by atoms with E-state index in [9.17, 15) is 9.59 Å². The summed E-state index contributed by atoms with van der Waals surface area (Å²) in [7, 11) is 0. The highest BCUT2D eigenvalue weighted by molar-refractivity contribution is 5.84. The predicted octanol–water partition coefficient (Wildman–Crippen LogP) is 0.243.